The molecule has 0 spiro atoms. The molecule has 1 amide bonds. The van der Waals surface area contributed by atoms with Crippen molar-refractivity contribution in [3.8, 4) is 11.5 Å². The van der Waals surface area contributed by atoms with Gasteiger partial charge in [-0.3, -0.25) is 4.79 Å². The van der Waals surface area contributed by atoms with Crippen LogP contribution in [0, 0.1) is 0 Å². The molecule has 0 aliphatic heterocycles. The average Bonchev–Trinajstić information content (AvgIpc) is 2.59. The molecule has 5 heteroatoms. The number of carbonyl (C=O) groups is 1. The fourth-order valence-electron chi connectivity index (χ4n) is 1.93. The molecule has 114 valence electrons. The quantitative estimate of drug-likeness (QED) is 0.628. The molecule has 0 heterocycles. The van der Waals surface area contributed by atoms with Crippen LogP contribution >= 0.6 is 0 Å². The third-order valence-electron chi connectivity index (χ3n) is 3.08. The Bertz CT molecular complexity index is 649. The predicted octanol–water partition coefficient (Wildman–Crippen LogP) is 3.36. The van der Waals surface area contributed by atoms with Crippen LogP contribution in [0.15, 0.2) is 53.6 Å². The molecular weight excluding hydrogens is 280 g/mol. The second kappa shape index (κ2) is 7.26. The number of carbonyl (C=O) groups excluding carboxylic acids is 1. The summed E-state index contributed by atoms with van der Waals surface area (Å²) in [5.41, 5.74) is 1.20. The van der Waals surface area contributed by atoms with Crippen molar-refractivity contribution in [1.82, 2.24) is 0 Å². The minimum atomic E-state index is -0.217. The second-order valence-corrected chi connectivity index (χ2v) is 4.42. The Morgan fingerprint density at radius 1 is 0.955 bits per heavy atom. The summed E-state index contributed by atoms with van der Waals surface area (Å²) in [7, 11) is 3.18. The molecule has 0 aliphatic carbocycles. The van der Waals surface area contributed by atoms with Crippen LogP contribution in [0.5, 0.6) is 11.5 Å². The first-order valence-electron chi connectivity index (χ1n) is 6.80. The van der Waals surface area contributed by atoms with Gasteiger partial charge in [0.15, 0.2) is 0 Å². The van der Waals surface area contributed by atoms with Gasteiger partial charge in [-0.15, -0.1) is 0 Å². The minimum Gasteiger partial charge on any atom is -0.497 e. The zero-order valence-corrected chi connectivity index (χ0v) is 12.8. The van der Waals surface area contributed by atoms with Crippen molar-refractivity contribution in [3.05, 3.63) is 54.1 Å². The zero-order chi connectivity index (χ0) is 15.9. The van der Waals surface area contributed by atoms with Crippen LogP contribution in [0.1, 0.15) is 17.3 Å². The zero-order valence-electron chi connectivity index (χ0n) is 12.8. The van der Waals surface area contributed by atoms with Crippen LogP contribution < -0.4 is 14.5 Å². The summed E-state index contributed by atoms with van der Waals surface area (Å²) in [6.45, 7) is 1.76. The van der Waals surface area contributed by atoms with Gasteiger partial charge in [-0.1, -0.05) is 0 Å². The SMILES string of the molecule is C/C=N/N(C(=O)c1ccc(OC)cc1)c1ccc(OC)cc1. The number of hydrazone groups is 1. The van der Waals surface area contributed by atoms with Crippen LogP contribution in [0.4, 0.5) is 5.69 Å². The van der Waals surface area contributed by atoms with E-state index in [9.17, 15) is 4.79 Å². The maximum Gasteiger partial charge on any atom is 0.278 e. The summed E-state index contributed by atoms with van der Waals surface area (Å²) in [5.74, 6) is 1.21. The molecule has 2 aromatic rings. The van der Waals surface area contributed by atoms with Crippen molar-refractivity contribution < 1.29 is 14.3 Å². The van der Waals surface area contributed by atoms with Gasteiger partial charge < -0.3 is 9.47 Å². The first kappa shape index (κ1) is 15.6. The van der Waals surface area contributed by atoms with E-state index in [1.807, 2.05) is 0 Å². The summed E-state index contributed by atoms with van der Waals surface area (Å²) < 4.78 is 10.2. The number of rotatable bonds is 5. The monoisotopic (exact) mass is 298 g/mol. The number of amides is 1. The summed E-state index contributed by atoms with van der Waals surface area (Å²) in [6, 6.07) is 14.1. The molecule has 0 unspecified atom stereocenters. The number of hydrogen-bond donors (Lipinski definition) is 0. The van der Waals surface area contributed by atoms with E-state index in [0.717, 1.165) is 5.75 Å². The van der Waals surface area contributed by atoms with Crippen LogP contribution in [0.2, 0.25) is 0 Å². The summed E-state index contributed by atoms with van der Waals surface area (Å²) in [5, 5.41) is 5.50. The van der Waals surface area contributed by atoms with Crippen molar-refractivity contribution in [1.29, 1.82) is 0 Å². The Balaban J connectivity index is 2.30. The van der Waals surface area contributed by atoms with Gasteiger partial charge in [0, 0.05) is 11.8 Å². The molecule has 0 atom stereocenters. The molecule has 0 aromatic heterocycles. The minimum absolute atomic E-state index is 0.217. The lowest BCUT2D eigenvalue weighted by Gasteiger charge is -2.17. The Kier molecular flexibility index (Phi) is 5.14. The molecule has 0 aliphatic rings. The lowest BCUT2D eigenvalue weighted by molar-refractivity contribution is 0.0987. The number of nitrogens with zero attached hydrogens (tertiary/aromatic N) is 2. The Morgan fingerprint density at radius 2 is 1.45 bits per heavy atom. The average molecular weight is 298 g/mol. The lowest BCUT2D eigenvalue weighted by Crippen LogP contribution is -2.25. The van der Waals surface area contributed by atoms with Gasteiger partial charge in [0.05, 0.1) is 19.9 Å². The van der Waals surface area contributed by atoms with Crippen molar-refractivity contribution in [3.63, 3.8) is 0 Å². The van der Waals surface area contributed by atoms with Crippen molar-refractivity contribution in [2.24, 2.45) is 5.10 Å². The molecule has 22 heavy (non-hydrogen) atoms. The summed E-state index contributed by atoms with van der Waals surface area (Å²) in [6.07, 6.45) is 1.58. The summed E-state index contributed by atoms with van der Waals surface area (Å²) >= 11 is 0. The van der Waals surface area contributed by atoms with Gasteiger partial charge in [0.25, 0.3) is 5.91 Å². The first-order chi connectivity index (χ1) is 10.7. The third kappa shape index (κ3) is 3.44. The number of hydrogen-bond acceptors (Lipinski definition) is 4. The summed E-state index contributed by atoms with van der Waals surface area (Å²) in [4.78, 5) is 12.6. The van der Waals surface area contributed by atoms with E-state index < -0.39 is 0 Å². The van der Waals surface area contributed by atoms with Crippen molar-refractivity contribution >= 4 is 17.8 Å². The Morgan fingerprint density at radius 3 is 1.91 bits per heavy atom. The van der Waals surface area contributed by atoms with Gasteiger partial charge in [-0.25, -0.2) is 0 Å². The molecule has 0 saturated heterocycles. The van der Waals surface area contributed by atoms with Gasteiger partial charge in [-0.2, -0.15) is 10.1 Å². The largest absolute Gasteiger partial charge is 0.497 e. The van der Waals surface area contributed by atoms with Crippen LogP contribution in [0.3, 0.4) is 0 Å². The normalized spacial score (nSPS) is 10.5. The molecule has 0 radical (unpaired) electrons. The van der Waals surface area contributed by atoms with Gasteiger partial charge in [0.2, 0.25) is 0 Å². The number of anilines is 1. The van der Waals surface area contributed by atoms with E-state index in [1.54, 1.807) is 75.9 Å². The lowest BCUT2D eigenvalue weighted by atomic mass is 10.2. The predicted molar refractivity (Wildman–Crippen MR) is 87.0 cm³/mol. The molecule has 5 nitrogen and oxygen atoms in total. The van der Waals surface area contributed by atoms with Gasteiger partial charge in [-0.05, 0) is 55.5 Å². The van der Waals surface area contributed by atoms with Crippen molar-refractivity contribution in [2.75, 3.05) is 19.2 Å². The smallest absolute Gasteiger partial charge is 0.278 e. The van der Waals surface area contributed by atoms with E-state index in [1.165, 1.54) is 5.01 Å². The number of methoxy groups -OCH3 is 2. The fraction of sp³-hybridized carbons (Fsp3) is 0.176. The molecule has 0 N–H and O–H groups in total. The molecule has 0 fully saturated rings. The number of ether oxygens (including phenoxy) is 2. The van der Waals surface area contributed by atoms with Crippen LogP contribution in [-0.4, -0.2) is 26.3 Å². The van der Waals surface area contributed by atoms with Crippen LogP contribution in [0.25, 0.3) is 0 Å². The van der Waals surface area contributed by atoms with Gasteiger partial charge in [0.1, 0.15) is 11.5 Å². The standard InChI is InChI=1S/C17H18N2O3/c1-4-18-19(14-7-11-16(22-3)12-8-14)17(20)13-5-9-15(21-2)10-6-13/h4-12H,1-3H3/b18-4+. The molecule has 2 aromatic carbocycles. The molecular formula is C17H18N2O3. The third-order valence-corrected chi connectivity index (χ3v) is 3.08. The van der Waals surface area contributed by atoms with E-state index in [4.69, 9.17) is 9.47 Å². The van der Waals surface area contributed by atoms with E-state index in [-0.39, 0.29) is 5.91 Å². The van der Waals surface area contributed by atoms with Crippen LogP contribution in [-0.2, 0) is 0 Å². The fourth-order valence-corrected chi connectivity index (χ4v) is 1.93. The highest BCUT2D eigenvalue weighted by atomic mass is 16.5. The van der Waals surface area contributed by atoms with E-state index >= 15 is 0 Å². The maximum absolute atomic E-state index is 12.6. The van der Waals surface area contributed by atoms with Gasteiger partial charge >= 0.3 is 0 Å². The highest BCUT2D eigenvalue weighted by Crippen LogP contribution is 2.22. The second-order valence-electron chi connectivity index (χ2n) is 4.42. The first-order valence-corrected chi connectivity index (χ1v) is 6.80. The molecule has 0 saturated carbocycles. The number of benzene rings is 2. The Labute approximate surface area is 129 Å². The topological polar surface area (TPSA) is 51.1 Å². The highest BCUT2D eigenvalue weighted by molar-refractivity contribution is 6.06. The molecule has 0 bridgehead atoms. The highest BCUT2D eigenvalue weighted by Gasteiger charge is 2.17. The Hall–Kier alpha value is -2.82. The maximum atomic E-state index is 12.6. The molecule has 2 rings (SSSR count). The van der Waals surface area contributed by atoms with E-state index in [2.05, 4.69) is 5.10 Å². The van der Waals surface area contributed by atoms with E-state index in [0.29, 0.717) is 17.0 Å². The van der Waals surface area contributed by atoms with Crippen molar-refractivity contribution in [2.45, 2.75) is 6.92 Å².